The fraction of sp³-hybridized carbons (Fsp3) is 0.211. The van der Waals surface area contributed by atoms with Crippen LogP contribution in [-0.4, -0.2) is 19.2 Å². The van der Waals surface area contributed by atoms with Crippen molar-refractivity contribution in [3.63, 3.8) is 0 Å². The molecule has 1 atom stereocenters. The van der Waals surface area contributed by atoms with Crippen molar-refractivity contribution in [2.75, 3.05) is 7.11 Å². The zero-order valence-corrected chi connectivity index (χ0v) is 13.2. The maximum absolute atomic E-state index is 11.9. The summed E-state index contributed by atoms with van der Waals surface area (Å²) < 4.78 is 10.3. The van der Waals surface area contributed by atoms with E-state index in [1.807, 2.05) is 54.6 Å². The van der Waals surface area contributed by atoms with Gasteiger partial charge in [-0.25, -0.2) is 4.79 Å². The molecule has 23 heavy (non-hydrogen) atoms. The third-order valence-corrected chi connectivity index (χ3v) is 3.42. The number of methoxy groups -OCH3 is 1. The molecule has 0 heterocycles. The van der Waals surface area contributed by atoms with Gasteiger partial charge in [0.05, 0.1) is 13.2 Å². The number of alkyl carbamates (subject to hydrolysis) is 1. The first kappa shape index (κ1) is 16.6. The van der Waals surface area contributed by atoms with E-state index in [9.17, 15) is 4.79 Å². The van der Waals surface area contributed by atoms with E-state index in [1.165, 1.54) is 0 Å². The lowest BCUT2D eigenvalue weighted by Crippen LogP contribution is -2.35. The molecule has 120 valence electrons. The van der Waals surface area contributed by atoms with Crippen LogP contribution in [0.25, 0.3) is 0 Å². The summed E-state index contributed by atoms with van der Waals surface area (Å²) in [6.45, 7) is 3.98. The van der Waals surface area contributed by atoms with Crippen LogP contribution in [-0.2, 0) is 17.8 Å². The Hall–Kier alpha value is -2.75. The minimum Gasteiger partial charge on any atom is -0.497 e. The molecule has 4 nitrogen and oxygen atoms in total. The quantitative estimate of drug-likeness (QED) is 0.793. The van der Waals surface area contributed by atoms with Gasteiger partial charge in [0.2, 0.25) is 0 Å². The van der Waals surface area contributed by atoms with Crippen molar-refractivity contribution in [1.82, 2.24) is 5.32 Å². The fourth-order valence-corrected chi connectivity index (χ4v) is 2.13. The summed E-state index contributed by atoms with van der Waals surface area (Å²) in [7, 11) is 1.61. The Morgan fingerprint density at radius 1 is 1.13 bits per heavy atom. The van der Waals surface area contributed by atoms with Gasteiger partial charge in [-0.1, -0.05) is 48.5 Å². The van der Waals surface area contributed by atoms with Gasteiger partial charge in [0.15, 0.2) is 0 Å². The van der Waals surface area contributed by atoms with Gasteiger partial charge in [-0.2, -0.15) is 0 Å². The van der Waals surface area contributed by atoms with Gasteiger partial charge < -0.3 is 14.8 Å². The molecule has 0 aliphatic rings. The maximum atomic E-state index is 11.9. The number of amides is 1. The van der Waals surface area contributed by atoms with Crippen LogP contribution in [0, 0.1) is 0 Å². The largest absolute Gasteiger partial charge is 0.497 e. The summed E-state index contributed by atoms with van der Waals surface area (Å²) in [5.74, 6) is 0.771. The third-order valence-electron chi connectivity index (χ3n) is 3.42. The number of rotatable bonds is 7. The predicted octanol–water partition coefficient (Wildman–Crippen LogP) is 3.72. The molecule has 0 bridgehead atoms. The molecule has 0 aromatic heterocycles. The highest BCUT2D eigenvalue weighted by Gasteiger charge is 2.10. The zero-order chi connectivity index (χ0) is 16.5. The van der Waals surface area contributed by atoms with E-state index in [0.29, 0.717) is 6.42 Å². The monoisotopic (exact) mass is 311 g/mol. The van der Waals surface area contributed by atoms with Crippen molar-refractivity contribution in [2.45, 2.75) is 19.1 Å². The van der Waals surface area contributed by atoms with Crippen molar-refractivity contribution in [3.05, 3.63) is 78.4 Å². The lowest BCUT2D eigenvalue weighted by molar-refractivity contribution is 0.137. The van der Waals surface area contributed by atoms with Gasteiger partial charge in [0.1, 0.15) is 12.4 Å². The second-order valence-electron chi connectivity index (χ2n) is 5.10. The van der Waals surface area contributed by atoms with Crippen LogP contribution in [0.4, 0.5) is 4.79 Å². The summed E-state index contributed by atoms with van der Waals surface area (Å²) in [6, 6.07) is 17.2. The predicted molar refractivity (Wildman–Crippen MR) is 90.4 cm³/mol. The number of nitrogens with one attached hydrogen (secondary N) is 1. The van der Waals surface area contributed by atoms with E-state index >= 15 is 0 Å². The van der Waals surface area contributed by atoms with Crippen molar-refractivity contribution < 1.29 is 14.3 Å². The Labute approximate surface area is 136 Å². The molecule has 2 aromatic carbocycles. The Morgan fingerprint density at radius 2 is 1.83 bits per heavy atom. The molecule has 0 saturated carbocycles. The first-order chi connectivity index (χ1) is 11.2. The van der Waals surface area contributed by atoms with Gasteiger partial charge in [0, 0.05) is 0 Å². The number of ether oxygens (including phenoxy) is 2. The topological polar surface area (TPSA) is 47.6 Å². The number of hydrogen-bond donors (Lipinski definition) is 1. The number of carbonyl (C=O) groups is 1. The Kier molecular flexibility index (Phi) is 6.24. The lowest BCUT2D eigenvalue weighted by Gasteiger charge is -2.15. The summed E-state index contributed by atoms with van der Waals surface area (Å²) in [4.78, 5) is 11.9. The Morgan fingerprint density at radius 3 is 2.43 bits per heavy atom. The Bertz CT molecular complexity index is 623. The van der Waals surface area contributed by atoms with Gasteiger partial charge in [-0.3, -0.25) is 0 Å². The van der Waals surface area contributed by atoms with Crippen LogP contribution >= 0.6 is 0 Å². The summed E-state index contributed by atoms with van der Waals surface area (Å²) in [5, 5.41) is 2.80. The molecule has 0 radical (unpaired) electrons. The van der Waals surface area contributed by atoms with Crippen LogP contribution in [0.1, 0.15) is 11.1 Å². The highest BCUT2D eigenvalue weighted by atomic mass is 16.5. The van der Waals surface area contributed by atoms with Crippen LogP contribution in [0.3, 0.4) is 0 Å². The molecule has 0 unspecified atom stereocenters. The minimum atomic E-state index is -0.457. The number of carbonyl (C=O) groups excluding carboxylic acids is 1. The standard InChI is InChI=1S/C19H21NO3/c1-3-17(13-15-7-5-4-6-8-15)20-19(21)23-14-16-9-11-18(22-2)12-10-16/h3-12,17H,1,13-14H2,2H3,(H,20,21)/t17-/m1/s1. The Balaban J connectivity index is 1.81. The average Bonchev–Trinajstić information content (AvgIpc) is 2.60. The van der Waals surface area contributed by atoms with Crippen molar-refractivity contribution in [2.24, 2.45) is 0 Å². The van der Waals surface area contributed by atoms with Crippen LogP contribution in [0.15, 0.2) is 67.3 Å². The molecule has 4 heteroatoms. The molecule has 0 aliphatic carbocycles. The summed E-state index contributed by atoms with van der Waals surface area (Å²) in [5.41, 5.74) is 2.03. The molecule has 0 spiro atoms. The summed E-state index contributed by atoms with van der Waals surface area (Å²) in [6.07, 6.45) is 1.94. The van der Waals surface area contributed by atoms with E-state index < -0.39 is 6.09 Å². The van der Waals surface area contributed by atoms with Gasteiger partial charge in [-0.15, -0.1) is 6.58 Å². The molecule has 0 saturated heterocycles. The molecule has 2 rings (SSSR count). The third kappa shape index (κ3) is 5.51. The first-order valence-electron chi connectivity index (χ1n) is 7.44. The zero-order valence-electron chi connectivity index (χ0n) is 13.2. The molecule has 1 N–H and O–H groups in total. The number of benzene rings is 2. The SMILES string of the molecule is C=C[C@H](Cc1ccccc1)NC(=O)OCc1ccc(OC)cc1. The molecule has 0 fully saturated rings. The van der Waals surface area contributed by atoms with E-state index in [4.69, 9.17) is 9.47 Å². The highest BCUT2D eigenvalue weighted by Crippen LogP contribution is 2.12. The minimum absolute atomic E-state index is 0.166. The van der Waals surface area contributed by atoms with Crippen molar-refractivity contribution >= 4 is 6.09 Å². The maximum Gasteiger partial charge on any atom is 0.407 e. The van der Waals surface area contributed by atoms with E-state index in [0.717, 1.165) is 16.9 Å². The first-order valence-corrected chi connectivity index (χ1v) is 7.44. The lowest BCUT2D eigenvalue weighted by atomic mass is 10.1. The molecule has 2 aromatic rings. The van der Waals surface area contributed by atoms with E-state index in [1.54, 1.807) is 13.2 Å². The second kappa shape index (κ2) is 8.63. The molecular weight excluding hydrogens is 290 g/mol. The van der Waals surface area contributed by atoms with Crippen LogP contribution in [0.2, 0.25) is 0 Å². The average molecular weight is 311 g/mol. The van der Waals surface area contributed by atoms with Gasteiger partial charge >= 0.3 is 6.09 Å². The van der Waals surface area contributed by atoms with Gasteiger partial charge in [0.25, 0.3) is 0 Å². The highest BCUT2D eigenvalue weighted by molar-refractivity contribution is 5.68. The summed E-state index contributed by atoms with van der Waals surface area (Å²) >= 11 is 0. The second-order valence-corrected chi connectivity index (χ2v) is 5.10. The molecule has 0 aliphatic heterocycles. The number of hydrogen-bond acceptors (Lipinski definition) is 3. The molecular formula is C19H21NO3. The van der Waals surface area contributed by atoms with Crippen molar-refractivity contribution in [3.8, 4) is 5.75 Å². The van der Waals surface area contributed by atoms with E-state index in [2.05, 4.69) is 11.9 Å². The van der Waals surface area contributed by atoms with Crippen molar-refractivity contribution in [1.29, 1.82) is 0 Å². The van der Waals surface area contributed by atoms with E-state index in [-0.39, 0.29) is 12.6 Å². The fourth-order valence-electron chi connectivity index (χ4n) is 2.13. The van der Waals surface area contributed by atoms with Gasteiger partial charge in [-0.05, 0) is 29.7 Å². The van der Waals surface area contributed by atoms with Crippen LogP contribution < -0.4 is 10.1 Å². The molecule has 1 amide bonds. The van der Waals surface area contributed by atoms with Crippen LogP contribution in [0.5, 0.6) is 5.75 Å². The normalized spacial score (nSPS) is 11.3. The smallest absolute Gasteiger partial charge is 0.407 e.